The number of nitrogens with zero attached hydrogens (tertiary/aromatic N) is 1. The molecule has 3 rings (SSSR count). The number of methoxy groups -OCH3 is 1. The van der Waals surface area contributed by atoms with Gasteiger partial charge in [0.15, 0.2) is 0 Å². The number of thiophene rings is 1. The molecule has 0 radical (unpaired) electrons. The minimum absolute atomic E-state index is 0. The number of ether oxygens (including phenoxy) is 1. The second-order valence-electron chi connectivity index (χ2n) is 6.67. The number of carbonyl (C=O) groups is 2. The summed E-state index contributed by atoms with van der Waals surface area (Å²) in [5.74, 6) is -1.33. The van der Waals surface area contributed by atoms with Gasteiger partial charge in [-0.2, -0.15) is 0 Å². The average molecular weight is 487 g/mol. The van der Waals surface area contributed by atoms with E-state index in [-0.39, 0.29) is 59.1 Å². The summed E-state index contributed by atoms with van der Waals surface area (Å²) >= 11 is 1.26. The van der Waals surface area contributed by atoms with Gasteiger partial charge in [-0.25, -0.2) is 4.79 Å². The van der Waals surface area contributed by atoms with Crippen molar-refractivity contribution in [2.45, 2.75) is 12.5 Å². The first-order valence-electron chi connectivity index (χ1n) is 9.15. The Morgan fingerprint density at radius 3 is 2.58 bits per heavy atom. The van der Waals surface area contributed by atoms with Crippen molar-refractivity contribution in [1.82, 2.24) is 9.88 Å². The largest absolute Gasteiger partial charge is 1.00 e. The monoisotopic (exact) mass is 487 g/mol. The first kappa shape index (κ1) is 29.2. The van der Waals surface area contributed by atoms with Gasteiger partial charge in [0.1, 0.15) is 11.4 Å². The van der Waals surface area contributed by atoms with Crippen LogP contribution in [0.25, 0.3) is 11.1 Å². The molecule has 0 bridgehead atoms. The fourth-order valence-corrected chi connectivity index (χ4v) is 3.88. The zero-order valence-electron chi connectivity index (χ0n) is 18.7. The van der Waals surface area contributed by atoms with Crippen molar-refractivity contribution in [3.05, 3.63) is 63.2 Å². The van der Waals surface area contributed by atoms with Crippen molar-refractivity contribution >= 4 is 29.0 Å². The van der Waals surface area contributed by atoms with E-state index < -0.39 is 41.5 Å². The summed E-state index contributed by atoms with van der Waals surface area (Å²) in [4.78, 5) is 36.3. The summed E-state index contributed by atoms with van der Waals surface area (Å²) in [6.45, 7) is 0. The van der Waals surface area contributed by atoms with Crippen molar-refractivity contribution in [3.63, 3.8) is 0 Å². The number of aryl methyl sites for hydroxylation is 1. The van der Waals surface area contributed by atoms with Crippen LogP contribution in [0.2, 0.25) is 0 Å². The van der Waals surface area contributed by atoms with Gasteiger partial charge in [-0.1, -0.05) is 23.9 Å². The van der Waals surface area contributed by atoms with Crippen molar-refractivity contribution in [2.75, 3.05) is 12.4 Å². The Morgan fingerprint density at radius 2 is 1.91 bits per heavy atom. The zero-order chi connectivity index (χ0) is 22.5. The normalized spacial score (nSPS) is 10.8. The molecule has 0 unspecified atom stereocenters. The van der Waals surface area contributed by atoms with E-state index >= 15 is 0 Å². The van der Waals surface area contributed by atoms with Gasteiger partial charge in [-0.15, -0.1) is 11.3 Å². The first-order chi connectivity index (χ1) is 14.8. The summed E-state index contributed by atoms with van der Waals surface area (Å²) in [5, 5.41) is 29.7. The zero-order valence-corrected chi connectivity index (χ0v) is 23.5. The van der Waals surface area contributed by atoms with Crippen molar-refractivity contribution in [3.8, 4) is 22.6 Å². The first-order valence-corrected chi connectivity index (χ1v) is 10.0. The quantitative estimate of drug-likeness (QED) is 0.321. The Bertz CT molecular complexity index is 1180. The molecule has 12 heteroatoms. The van der Waals surface area contributed by atoms with Gasteiger partial charge in [-0.3, -0.25) is 4.79 Å². The van der Waals surface area contributed by atoms with E-state index in [1.807, 2.05) is 23.6 Å². The van der Waals surface area contributed by atoms with Crippen LogP contribution in [0, 0.1) is 0 Å². The maximum atomic E-state index is 12.4. The summed E-state index contributed by atoms with van der Waals surface area (Å²) < 4.78 is 6.37. The van der Waals surface area contributed by atoms with E-state index in [1.165, 1.54) is 24.6 Å². The number of rotatable bonds is 7. The van der Waals surface area contributed by atoms with Gasteiger partial charge >= 0.3 is 65.1 Å². The van der Waals surface area contributed by atoms with Crippen LogP contribution in [-0.4, -0.2) is 23.7 Å². The summed E-state index contributed by atoms with van der Waals surface area (Å²) in [5.41, 5.74) is 0.596. The smallest absolute Gasteiger partial charge is 0.871 e. The number of benzene rings is 1. The molecule has 2 aromatic heterocycles. The summed E-state index contributed by atoms with van der Waals surface area (Å²) in [6.07, 6.45) is 0.806. The Kier molecular flexibility index (Phi) is 11.7. The number of aromatic nitrogens is 1. The van der Waals surface area contributed by atoms with Gasteiger partial charge in [0.2, 0.25) is 0 Å². The predicted molar refractivity (Wildman–Crippen MR) is 112 cm³/mol. The number of anilines is 1. The predicted octanol–water partition coefficient (Wildman–Crippen LogP) is -4.79. The molecule has 2 amide bonds. The molecule has 1 aromatic carbocycles. The van der Waals surface area contributed by atoms with Gasteiger partial charge in [0.25, 0.3) is 5.56 Å². The molecule has 1 atom stereocenters. The Labute approximate surface area is 238 Å². The molecule has 0 spiro atoms. The van der Waals surface area contributed by atoms with Crippen LogP contribution in [0.4, 0.5) is 10.5 Å². The third-order valence-corrected chi connectivity index (χ3v) is 5.56. The number of urea groups is 1. The van der Waals surface area contributed by atoms with Gasteiger partial charge in [-0.05, 0) is 34.7 Å². The number of hydrogen-bond acceptors (Lipinski definition) is 7. The van der Waals surface area contributed by atoms with Crippen LogP contribution >= 0.6 is 11.3 Å². The fraction of sp³-hybridized carbons (Fsp3) is 0.190. The van der Waals surface area contributed by atoms with Crippen LogP contribution in [0.15, 0.2) is 52.8 Å². The van der Waals surface area contributed by atoms with Crippen molar-refractivity contribution in [1.29, 1.82) is 0 Å². The molecule has 0 fully saturated rings. The minimum Gasteiger partial charge on any atom is -0.871 e. The second-order valence-corrected chi connectivity index (χ2v) is 7.61. The standard InChI is InChI=1S/C21H21N3O6S.2Na/c1-24-7-6-16(25)19(20(24)28)23-21(29)22-15(10-18(26)27)17-9-13(11-31-17)12-4-3-5-14(8-12)30-2;;/h3-9,11,15,25H,10H2,1-2H3,(H,26,27)(H2,22,23,29);;/q;2*+1/p-2/t15-;;/m0../s1. The Morgan fingerprint density at radius 1 is 1.18 bits per heavy atom. The molecule has 3 aromatic rings. The number of carboxylic acid groups (broad SMARTS) is 1. The number of carbonyl (C=O) groups excluding carboxylic acids is 2. The van der Waals surface area contributed by atoms with Crippen LogP contribution in [-0.2, 0) is 11.8 Å². The molecule has 2 heterocycles. The number of pyridine rings is 1. The molecule has 0 aliphatic heterocycles. The number of aliphatic carboxylic acids is 1. The summed E-state index contributed by atoms with van der Waals surface area (Å²) in [7, 11) is 3.00. The van der Waals surface area contributed by atoms with Crippen LogP contribution in [0.3, 0.4) is 0 Å². The van der Waals surface area contributed by atoms with E-state index in [9.17, 15) is 24.6 Å². The number of hydrogen-bond donors (Lipinski definition) is 2. The minimum atomic E-state index is -1.36. The summed E-state index contributed by atoms with van der Waals surface area (Å²) in [6, 6.07) is 8.46. The van der Waals surface area contributed by atoms with Gasteiger partial charge < -0.3 is 34.9 Å². The van der Waals surface area contributed by atoms with E-state index in [0.29, 0.717) is 10.6 Å². The van der Waals surface area contributed by atoms with Crippen LogP contribution < -0.4 is 90.3 Å². The third-order valence-electron chi connectivity index (χ3n) is 4.51. The van der Waals surface area contributed by atoms with Crippen molar-refractivity contribution in [2.24, 2.45) is 7.05 Å². The molecule has 0 saturated heterocycles. The second kappa shape index (κ2) is 13.2. The molecule has 0 aliphatic rings. The molecule has 0 aliphatic carbocycles. The van der Waals surface area contributed by atoms with E-state index in [0.717, 1.165) is 21.8 Å². The molecule has 162 valence electrons. The molecule has 33 heavy (non-hydrogen) atoms. The van der Waals surface area contributed by atoms with Crippen LogP contribution in [0.1, 0.15) is 17.3 Å². The molecular weight excluding hydrogens is 468 g/mol. The van der Waals surface area contributed by atoms with E-state index in [1.54, 1.807) is 19.2 Å². The maximum Gasteiger partial charge on any atom is 1.00 e. The topological polar surface area (TPSA) is 136 Å². The number of amides is 2. The van der Waals surface area contributed by atoms with Gasteiger partial charge in [0, 0.05) is 30.5 Å². The Hall–Kier alpha value is -1.79. The average Bonchev–Trinajstić information content (AvgIpc) is 3.23. The molecule has 0 saturated carbocycles. The Balaban J connectivity index is 0.00000272. The van der Waals surface area contributed by atoms with Crippen molar-refractivity contribution < 1.29 is 83.7 Å². The fourth-order valence-electron chi connectivity index (χ4n) is 2.91. The van der Waals surface area contributed by atoms with E-state index in [2.05, 4.69) is 10.6 Å². The van der Waals surface area contributed by atoms with Gasteiger partial charge in [0.05, 0.1) is 13.2 Å². The molecule has 9 nitrogen and oxygen atoms in total. The third kappa shape index (κ3) is 7.61. The number of carboxylic acids is 1. The molecule has 2 N–H and O–H groups in total. The molecular formula is C21H19N3Na2O6S. The SMILES string of the molecule is COc1cccc(-c2csc([C@H](CC(=O)[O-])NC(=O)Nc3c([O-])ccn(C)c3=O)c2)c1.[Na+].[Na+]. The maximum absolute atomic E-state index is 12.4. The van der Waals surface area contributed by atoms with E-state index in [4.69, 9.17) is 4.74 Å². The number of nitrogens with one attached hydrogen (secondary N) is 2. The van der Waals surface area contributed by atoms with Crippen LogP contribution in [0.5, 0.6) is 11.5 Å².